The molecule has 4 rings (SSSR count). The van der Waals surface area contributed by atoms with E-state index in [2.05, 4.69) is 20.0 Å². The summed E-state index contributed by atoms with van der Waals surface area (Å²) in [6.07, 6.45) is 2.90. The Morgan fingerprint density at radius 2 is 1.89 bits per heavy atom. The molecule has 1 atom stereocenters. The number of carbonyl (C=O) groups is 1. The van der Waals surface area contributed by atoms with Crippen molar-refractivity contribution in [2.24, 2.45) is 5.92 Å². The van der Waals surface area contributed by atoms with Gasteiger partial charge in [0.25, 0.3) is 15.6 Å². The molecule has 1 amide bonds. The van der Waals surface area contributed by atoms with Crippen LogP contribution in [0.1, 0.15) is 12.5 Å². The lowest BCUT2D eigenvalue weighted by atomic mass is 10.0. The SMILES string of the molecule is CNC(=O)C(C)Cn1cnc2ccc(-c3cnc(OC)c(NS(=O)(=O)c4ccc(F)cc4C)c3)cc2c1=O. The molecule has 2 heterocycles. The molecule has 0 spiro atoms. The van der Waals surface area contributed by atoms with E-state index in [0.29, 0.717) is 22.0 Å². The molecule has 1 unspecified atom stereocenters. The molecule has 0 fully saturated rings. The van der Waals surface area contributed by atoms with E-state index in [1.54, 1.807) is 25.1 Å². The Morgan fingerprint density at radius 1 is 1.13 bits per heavy atom. The maximum atomic E-state index is 13.5. The molecule has 0 aliphatic rings. The molecule has 38 heavy (non-hydrogen) atoms. The minimum absolute atomic E-state index is 0.0325. The molecule has 0 saturated heterocycles. The number of sulfonamides is 1. The standard InChI is InChI=1S/C26H26FN5O5S/c1-15-9-19(27)6-8-23(15)38(35,36)31-22-11-18(12-29-25(22)37-4)17-5-7-21-20(10-17)26(34)32(14-30-21)13-16(2)24(33)28-3/h5-12,14,16,31H,13H2,1-4H3,(H,28,33). The number of aromatic nitrogens is 3. The van der Waals surface area contributed by atoms with Gasteiger partial charge < -0.3 is 10.1 Å². The summed E-state index contributed by atoms with van der Waals surface area (Å²) >= 11 is 0. The lowest BCUT2D eigenvalue weighted by Crippen LogP contribution is -2.32. The van der Waals surface area contributed by atoms with Gasteiger partial charge in [0.1, 0.15) is 11.5 Å². The number of carbonyl (C=O) groups excluding carboxylic acids is 1. The first kappa shape index (κ1) is 26.7. The molecule has 12 heteroatoms. The molecular formula is C26H26FN5O5S. The van der Waals surface area contributed by atoms with Crippen molar-refractivity contribution in [3.05, 3.63) is 76.7 Å². The van der Waals surface area contributed by atoms with Crippen LogP contribution < -0.4 is 20.3 Å². The van der Waals surface area contributed by atoms with Crippen molar-refractivity contribution in [2.75, 3.05) is 18.9 Å². The van der Waals surface area contributed by atoms with E-state index in [1.807, 2.05) is 0 Å². The number of amides is 1. The lowest BCUT2D eigenvalue weighted by molar-refractivity contribution is -0.124. The first-order valence-electron chi connectivity index (χ1n) is 11.6. The van der Waals surface area contributed by atoms with E-state index in [1.165, 1.54) is 50.3 Å². The fraction of sp³-hybridized carbons (Fsp3) is 0.231. The van der Waals surface area contributed by atoms with Gasteiger partial charge in [-0.1, -0.05) is 13.0 Å². The molecule has 198 valence electrons. The van der Waals surface area contributed by atoms with Gasteiger partial charge in [-0.25, -0.2) is 22.8 Å². The third-order valence-electron chi connectivity index (χ3n) is 6.04. The van der Waals surface area contributed by atoms with Crippen LogP contribution in [0.25, 0.3) is 22.0 Å². The van der Waals surface area contributed by atoms with Crippen LogP contribution in [0, 0.1) is 18.7 Å². The number of rotatable bonds is 8. The molecule has 2 aromatic carbocycles. The van der Waals surface area contributed by atoms with Crippen molar-refractivity contribution in [2.45, 2.75) is 25.3 Å². The molecule has 2 N–H and O–H groups in total. The molecule has 0 aliphatic heterocycles. The van der Waals surface area contributed by atoms with Crippen LogP contribution in [-0.2, 0) is 21.4 Å². The van der Waals surface area contributed by atoms with Gasteiger partial charge in [0, 0.05) is 25.4 Å². The van der Waals surface area contributed by atoms with E-state index in [4.69, 9.17) is 4.74 Å². The van der Waals surface area contributed by atoms with Gasteiger partial charge in [-0.15, -0.1) is 0 Å². The number of halogens is 1. The highest BCUT2D eigenvalue weighted by atomic mass is 32.2. The Balaban J connectivity index is 1.73. The van der Waals surface area contributed by atoms with Crippen molar-refractivity contribution >= 4 is 32.5 Å². The van der Waals surface area contributed by atoms with E-state index in [9.17, 15) is 22.4 Å². The Hall–Kier alpha value is -4.32. The second-order valence-electron chi connectivity index (χ2n) is 8.75. The smallest absolute Gasteiger partial charge is 0.262 e. The van der Waals surface area contributed by atoms with Crippen molar-refractivity contribution < 1.29 is 22.3 Å². The monoisotopic (exact) mass is 539 g/mol. The van der Waals surface area contributed by atoms with Gasteiger partial charge in [-0.2, -0.15) is 0 Å². The van der Waals surface area contributed by atoms with Gasteiger partial charge >= 0.3 is 0 Å². The van der Waals surface area contributed by atoms with Crippen molar-refractivity contribution in [1.29, 1.82) is 0 Å². The zero-order valence-electron chi connectivity index (χ0n) is 21.1. The number of pyridine rings is 1. The number of nitrogens with zero attached hydrogens (tertiary/aromatic N) is 3. The highest BCUT2D eigenvalue weighted by Crippen LogP contribution is 2.31. The Kier molecular flexibility index (Phi) is 7.44. The van der Waals surface area contributed by atoms with Gasteiger partial charge in [0.2, 0.25) is 11.8 Å². The fourth-order valence-corrected chi connectivity index (χ4v) is 5.33. The summed E-state index contributed by atoms with van der Waals surface area (Å²) in [5.41, 5.74) is 1.55. The van der Waals surface area contributed by atoms with Crippen LogP contribution >= 0.6 is 0 Å². The Bertz CT molecular complexity index is 1700. The summed E-state index contributed by atoms with van der Waals surface area (Å²) in [6, 6.07) is 9.96. The van der Waals surface area contributed by atoms with Gasteiger partial charge in [-0.3, -0.25) is 18.9 Å². The number of ether oxygens (including phenoxy) is 1. The number of benzene rings is 2. The predicted octanol–water partition coefficient (Wildman–Crippen LogP) is 3.10. The minimum atomic E-state index is -4.09. The molecule has 0 saturated carbocycles. The molecule has 0 radical (unpaired) electrons. The Morgan fingerprint density at radius 3 is 2.58 bits per heavy atom. The van der Waals surface area contributed by atoms with Crippen molar-refractivity contribution in [3.8, 4) is 17.0 Å². The lowest BCUT2D eigenvalue weighted by Gasteiger charge is -2.14. The summed E-state index contributed by atoms with van der Waals surface area (Å²) in [5.74, 6) is -1.15. The number of fused-ring (bicyclic) bond motifs is 1. The highest BCUT2D eigenvalue weighted by Gasteiger charge is 2.21. The molecule has 0 bridgehead atoms. The van der Waals surface area contributed by atoms with Crippen LogP contribution in [-0.4, -0.2) is 43.0 Å². The molecule has 4 aromatic rings. The zero-order chi connectivity index (χ0) is 27.6. The van der Waals surface area contributed by atoms with Crippen molar-refractivity contribution in [1.82, 2.24) is 19.9 Å². The van der Waals surface area contributed by atoms with Crippen LogP contribution in [0.5, 0.6) is 5.88 Å². The first-order chi connectivity index (χ1) is 18.0. The molecular weight excluding hydrogens is 513 g/mol. The number of hydrogen-bond acceptors (Lipinski definition) is 7. The van der Waals surface area contributed by atoms with Gasteiger partial charge in [0.05, 0.1) is 35.2 Å². The molecule has 2 aromatic heterocycles. The third kappa shape index (κ3) is 5.35. The van der Waals surface area contributed by atoms with Crippen LogP contribution in [0.3, 0.4) is 0 Å². The highest BCUT2D eigenvalue weighted by molar-refractivity contribution is 7.92. The number of aryl methyl sites for hydroxylation is 1. The predicted molar refractivity (Wildman–Crippen MR) is 141 cm³/mol. The van der Waals surface area contributed by atoms with Crippen molar-refractivity contribution in [3.63, 3.8) is 0 Å². The second-order valence-corrected chi connectivity index (χ2v) is 10.4. The summed E-state index contributed by atoms with van der Waals surface area (Å²) in [5, 5.41) is 2.89. The minimum Gasteiger partial charge on any atom is -0.480 e. The Labute approximate surface area is 218 Å². The van der Waals surface area contributed by atoms with Crippen LogP contribution in [0.4, 0.5) is 10.1 Å². The van der Waals surface area contributed by atoms with Crippen LogP contribution in [0.2, 0.25) is 0 Å². The average Bonchev–Trinajstić information content (AvgIpc) is 2.89. The second kappa shape index (κ2) is 10.6. The number of anilines is 1. The quantitative estimate of drug-likeness (QED) is 0.352. The van der Waals surface area contributed by atoms with Crippen LogP contribution in [0.15, 0.2) is 64.7 Å². The van der Waals surface area contributed by atoms with E-state index >= 15 is 0 Å². The zero-order valence-corrected chi connectivity index (χ0v) is 22.0. The summed E-state index contributed by atoms with van der Waals surface area (Å²) in [7, 11) is -1.21. The third-order valence-corrected chi connectivity index (χ3v) is 7.56. The maximum absolute atomic E-state index is 13.5. The number of methoxy groups -OCH3 is 1. The fourth-order valence-electron chi connectivity index (χ4n) is 4.05. The summed E-state index contributed by atoms with van der Waals surface area (Å²) < 4.78 is 48.7. The largest absolute Gasteiger partial charge is 0.480 e. The normalized spacial score (nSPS) is 12.2. The summed E-state index contributed by atoms with van der Waals surface area (Å²) in [4.78, 5) is 33.5. The van der Waals surface area contributed by atoms with E-state index < -0.39 is 21.8 Å². The van der Waals surface area contributed by atoms with E-state index in [-0.39, 0.29) is 40.0 Å². The number of hydrogen-bond donors (Lipinski definition) is 2. The maximum Gasteiger partial charge on any atom is 0.262 e. The number of nitrogens with one attached hydrogen (secondary N) is 2. The summed E-state index contributed by atoms with van der Waals surface area (Å²) in [6.45, 7) is 3.37. The average molecular weight is 540 g/mol. The van der Waals surface area contributed by atoms with Gasteiger partial charge in [-0.05, 0) is 54.4 Å². The topological polar surface area (TPSA) is 132 Å². The van der Waals surface area contributed by atoms with E-state index in [0.717, 1.165) is 12.1 Å². The molecule has 10 nitrogen and oxygen atoms in total. The molecule has 0 aliphatic carbocycles. The first-order valence-corrected chi connectivity index (χ1v) is 13.1. The van der Waals surface area contributed by atoms with Gasteiger partial charge in [0.15, 0.2) is 0 Å².